The minimum Gasteiger partial charge on any atom is -0.355 e. The van der Waals surface area contributed by atoms with Crippen molar-refractivity contribution >= 4 is 17.8 Å². The zero-order valence-electron chi connectivity index (χ0n) is 12.9. The first-order chi connectivity index (χ1) is 12.1. The van der Waals surface area contributed by atoms with Crippen LogP contribution < -0.4 is 0 Å². The van der Waals surface area contributed by atoms with Gasteiger partial charge in [0, 0.05) is 13.2 Å². The number of imide groups is 1. The molecule has 124 valence electrons. The second kappa shape index (κ2) is 5.41. The number of carbonyl (C=O) groups is 3. The SMILES string of the molecule is Cn1cc(-c2oncc2C(=O)ON2C(=O)c3ccccc3C2=O)cn1. The van der Waals surface area contributed by atoms with Gasteiger partial charge in [0.05, 0.1) is 29.1 Å². The molecule has 0 bridgehead atoms. The van der Waals surface area contributed by atoms with E-state index in [1.807, 2.05) is 0 Å². The first-order valence-electron chi connectivity index (χ1n) is 7.20. The fraction of sp³-hybridized carbons (Fsp3) is 0.0625. The standard InChI is InChI=1S/C16H10N4O5/c1-19-8-9(6-17-19)13-12(7-18-24-13)16(23)25-20-14(21)10-4-2-3-5-11(10)15(20)22/h2-8H,1H3. The van der Waals surface area contributed by atoms with E-state index in [4.69, 9.17) is 9.36 Å². The molecule has 2 aromatic heterocycles. The first kappa shape index (κ1) is 14.8. The summed E-state index contributed by atoms with van der Waals surface area (Å²) in [5, 5.41) is 8.00. The lowest BCUT2D eigenvalue weighted by molar-refractivity contribution is -0.0584. The van der Waals surface area contributed by atoms with Crippen molar-refractivity contribution in [2.75, 3.05) is 0 Å². The van der Waals surface area contributed by atoms with Gasteiger partial charge in [-0.2, -0.15) is 5.10 Å². The molecule has 0 saturated heterocycles. The van der Waals surface area contributed by atoms with E-state index in [1.165, 1.54) is 23.0 Å². The molecule has 0 saturated carbocycles. The Morgan fingerprint density at radius 1 is 1.12 bits per heavy atom. The maximum Gasteiger partial charge on any atom is 0.369 e. The van der Waals surface area contributed by atoms with Gasteiger partial charge in [-0.25, -0.2) is 4.79 Å². The number of aryl methyl sites for hydroxylation is 1. The number of nitrogens with zero attached hydrogens (tertiary/aromatic N) is 4. The molecule has 3 aromatic rings. The van der Waals surface area contributed by atoms with Gasteiger partial charge in [-0.05, 0) is 12.1 Å². The summed E-state index contributed by atoms with van der Waals surface area (Å²) in [6, 6.07) is 6.22. The minimum atomic E-state index is -0.936. The number of hydrogen-bond donors (Lipinski definition) is 0. The Labute approximate surface area is 140 Å². The molecule has 2 amide bonds. The third-order valence-corrected chi connectivity index (χ3v) is 3.69. The molecule has 4 rings (SSSR count). The molecule has 0 unspecified atom stereocenters. The normalized spacial score (nSPS) is 13.2. The Kier molecular flexibility index (Phi) is 3.21. The fourth-order valence-electron chi connectivity index (χ4n) is 2.51. The number of aromatic nitrogens is 3. The van der Waals surface area contributed by atoms with Crippen molar-refractivity contribution in [3.8, 4) is 11.3 Å². The molecule has 0 radical (unpaired) electrons. The van der Waals surface area contributed by atoms with Crippen LogP contribution in [0.5, 0.6) is 0 Å². The number of fused-ring (bicyclic) bond motifs is 1. The van der Waals surface area contributed by atoms with E-state index >= 15 is 0 Å². The van der Waals surface area contributed by atoms with E-state index < -0.39 is 17.8 Å². The molecule has 25 heavy (non-hydrogen) atoms. The maximum atomic E-state index is 12.4. The number of carbonyl (C=O) groups excluding carboxylic acids is 3. The van der Waals surface area contributed by atoms with Crippen molar-refractivity contribution in [3.05, 3.63) is 59.5 Å². The van der Waals surface area contributed by atoms with Crippen molar-refractivity contribution in [2.45, 2.75) is 0 Å². The highest BCUT2D eigenvalue weighted by atomic mass is 16.7. The van der Waals surface area contributed by atoms with Crippen molar-refractivity contribution < 1.29 is 23.7 Å². The summed E-state index contributed by atoms with van der Waals surface area (Å²) in [4.78, 5) is 41.9. The topological polar surface area (TPSA) is 108 Å². The van der Waals surface area contributed by atoms with Gasteiger partial charge < -0.3 is 9.36 Å². The summed E-state index contributed by atoms with van der Waals surface area (Å²) in [5.41, 5.74) is 0.843. The van der Waals surface area contributed by atoms with Crippen LogP contribution in [-0.4, -0.2) is 37.8 Å². The molecule has 3 heterocycles. The summed E-state index contributed by atoms with van der Waals surface area (Å²) in [7, 11) is 1.71. The Balaban J connectivity index is 1.61. The molecule has 1 aromatic carbocycles. The van der Waals surface area contributed by atoms with E-state index in [1.54, 1.807) is 25.4 Å². The predicted molar refractivity (Wildman–Crippen MR) is 81.1 cm³/mol. The van der Waals surface area contributed by atoms with Crippen molar-refractivity contribution in [1.29, 1.82) is 0 Å². The fourth-order valence-corrected chi connectivity index (χ4v) is 2.51. The van der Waals surface area contributed by atoms with E-state index in [0.29, 0.717) is 10.6 Å². The Hall–Kier alpha value is -3.75. The summed E-state index contributed by atoms with van der Waals surface area (Å²) < 4.78 is 6.60. The lowest BCUT2D eigenvalue weighted by Gasteiger charge is -2.11. The molecule has 0 atom stereocenters. The molecule has 0 spiro atoms. The molecule has 0 fully saturated rings. The van der Waals surface area contributed by atoms with Crippen LogP contribution in [0.2, 0.25) is 0 Å². The summed E-state index contributed by atoms with van der Waals surface area (Å²) >= 11 is 0. The number of rotatable bonds is 3. The quantitative estimate of drug-likeness (QED) is 0.665. The smallest absolute Gasteiger partial charge is 0.355 e. The van der Waals surface area contributed by atoms with Crippen LogP contribution in [0.3, 0.4) is 0 Å². The molecular formula is C16H10N4O5. The second-order valence-corrected chi connectivity index (χ2v) is 5.30. The van der Waals surface area contributed by atoms with Gasteiger partial charge in [-0.1, -0.05) is 22.4 Å². The molecule has 9 nitrogen and oxygen atoms in total. The molecule has 1 aliphatic heterocycles. The number of hydroxylamine groups is 2. The van der Waals surface area contributed by atoms with Gasteiger partial charge in [-0.3, -0.25) is 14.3 Å². The van der Waals surface area contributed by atoms with Gasteiger partial charge >= 0.3 is 5.97 Å². The monoisotopic (exact) mass is 338 g/mol. The molecular weight excluding hydrogens is 328 g/mol. The average molecular weight is 338 g/mol. The maximum absolute atomic E-state index is 12.4. The van der Waals surface area contributed by atoms with Crippen molar-refractivity contribution in [2.24, 2.45) is 7.05 Å². The van der Waals surface area contributed by atoms with Crippen LogP contribution in [0.15, 0.2) is 47.4 Å². The first-order valence-corrected chi connectivity index (χ1v) is 7.20. The highest BCUT2D eigenvalue weighted by Crippen LogP contribution is 2.26. The number of hydrogen-bond acceptors (Lipinski definition) is 7. The molecule has 1 aliphatic rings. The van der Waals surface area contributed by atoms with Gasteiger partial charge in [0.1, 0.15) is 5.56 Å². The second-order valence-electron chi connectivity index (χ2n) is 5.30. The lowest BCUT2D eigenvalue weighted by Crippen LogP contribution is -2.32. The van der Waals surface area contributed by atoms with Gasteiger partial charge in [0.25, 0.3) is 11.8 Å². The average Bonchev–Trinajstić information content (AvgIpc) is 3.31. The number of amides is 2. The molecule has 9 heteroatoms. The highest BCUT2D eigenvalue weighted by molar-refractivity contribution is 6.21. The summed E-state index contributed by atoms with van der Waals surface area (Å²) in [6.07, 6.45) is 4.27. The van der Waals surface area contributed by atoms with E-state index in [9.17, 15) is 14.4 Å². The predicted octanol–water partition coefficient (Wildman–Crippen LogP) is 1.44. The van der Waals surface area contributed by atoms with E-state index in [-0.39, 0.29) is 22.5 Å². The van der Waals surface area contributed by atoms with Crippen LogP contribution in [0.1, 0.15) is 31.1 Å². The zero-order chi connectivity index (χ0) is 17.6. The third-order valence-electron chi connectivity index (χ3n) is 3.69. The molecule has 0 N–H and O–H groups in total. The zero-order valence-corrected chi connectivity index (χ0v) is 12.9. The van der Waals surface area contributed by atoms with Crippen molar-refractivity contribution in [1.82, 2.24) is 20.0 Å². The largest absolute Gasteiger partial charge is 0.369 e. The van der Waals surface area contributed by atoms with Crippen LogP contribution in [-0.2, 0) is 11.9 Å². The van der Waals surface area contributed by atoms with Crippen molar-refractivity contribution in [3.63, 3.8) is 0 Å². The van der Waals surface area contributed by atoms with Crippen LogP contribution >= 0.6 is 0 Å². The van der Waals surface area contributed by atoms with Crippen LogP contribution in [0.4, 0.5) is 0 Å². The van der Waals surface area contributed by atoms with E-state index in [2.05, 4.69) is 10.3 Å². The van der Waals surface area contributed by atoms with Crippen LogP contribution in [0, 0.1) is 0 Å². The van der Waals surface area contributed by atoms with Gasteiger partial charge in [0.15, 0.2) is 5.76 Å². The van der Waals surface area contributed by atoms with Crippen LogP contribution in [0.25, 0.3) is 11.3 Å². The highest BCUT2D eigenvalue weighted by Gasteiger charge is 2.39. The Morgan fingerprint density at radius 3 is 2.40 bits per heavy atom. The molecule has 0 aliphatic carbocycles. The van der Waals surface area contributed by atoms with Gasteiger partial charge in [-0.15, -0.1) is 0 Å². The minimum absolute atomic E-state index is 0.0236. The Bertz CT molecular complexity index is 984. The summed E-state index contributed by atoms with van der Waals surface area (Å²) in [6.45, 7) is 0. The third kappa shape index (κ3) is 2.29. The van der Waals surface area contributed by atoms with E-state index in [0.717, 1.165) is 6.20 Å². The lowest BCUT2D eigenvalue weighted by atomic mass is 10.1. The Morgan fingerprint density at radius 2 is 1.80 bits per heavy atom. The summed E-state index contributed by atoms with van der Waals surface area (Å²) in [5.74, 6) is -2.20. The number of benzene rings is 1. The van der Waals surface area contributed by atoms with Gasteiger partial charge in [0.2, 0.25) is 0 Å².